The quantitative estimate of drug-likeness (QED) is 0.366. The maximum atomic E-state index is 12.9. The topological polar surface area (TPSA) is 59.0 Å². The van der Waals surface area contributed by atoms with E-state index >= 15 is 0 Å². The molecule has 0 spiro atoms. The van der Waals surface area contributed by atoms with Crippen LogP contribution < -0.4 is 4.90 Å². The van der Waals surface area contributed by atoms with Gasteiger partial charge in [-0.15, -0.1) is 11.6 Å². The lowest BCUT2D eigenvalue weighted by atomic mass is 10.1. The van der Waals surface area contributed by atoms with E-state index < -0.39 is 11.9 Å². The van der Waals surface area contributed by atoms with Gasteiger partial charge in [-0.05, 0) is 35.9 Å². The highest BCUT2D eigenvalue weighted by atomic mass is 35.5. The van der Waals surface area contributed by atoms with Crippen molar-refractivity contribution in [1.82, 2.24) is 0 Å². The van der Waals surface area contributed by atoms with Crippen molar-refractivity contribution in [3.05, 3.63) is 62.6 Å². The second kappa shape index (κ2) is 8.48. The SMILES string of the molecule is O=C(CCCl)O/N=C1\C(=O)N(Cc2ccc(Cl)c(Cl)c2)c2ccc(Cl)cc21. The summed E-state index contributed by atoms with van der Waals surface area (Å²) in [5, 5.41) is 4.98. The third-order valence-corrected chi connectivity index (χ3v) is 4.98. The summed E-state index contributed by atoms with van der Waals surface area (Å²) in [6, 6.07) is 10.1. The number of carbonyl (C=O) groups is 2. The van der Waals surface area contributed by atoms with Crippen LogP contribution in [0.5, 0.6) is 0 Å². The lowest BCUT2D eigenvalue weighted by molar-refractivity contribution is -0.143. The molecule has 0 saturated heterocycles. The van der Waals surface area contributed by atoms with E-state index in [0.29, 0.717) is 26.3 Å². The average molecular weight is 446 g/mol. The normalized spacial score (nSPS) is 14.6. The fraction of sp³-hybridized carbons (Fsp3) is 0.167. The Morgan fingerprint density at radius 3 is 2.56 bits per heavy atom. The van der Waals surface area contributed by atoms with Crippen molar-refractivity contribution in [3.63, 3.8) is 0 Å². The van der Waals surface area contributed by atoms with Gasteiger partial charge in [0.05, 0.1) is 28.7 Å². The lowest BCUT2D eigenvalue weighted by Crippen LogP contribution is -2.29. The molecule has 140 valence electrons. The van der Waals surface area contributed by atoms with E-state index in [9.17, 15) is 9.59 Å². The van der Waals surface area contributed by atoms with Crippen LogP contribution in [0.1, 0.15) is 17.5 Å². The van der Waals surface area contributed by atoms with Crippen molar-refractivity contribution in [2.24, 2.45) is 5.16 Å². The molecule has 9 heteroatoms. The molecule has 27 heavy (non-hydrogen) atoms. The van der Waals surface area contributed by atoms with Crippen LogP contribution >= 0.6 is 46.4 Å². The standard InChI is InChI=1S/C18H12Cl4N2O3/c19-6-5-16(25)27-23-17-12-8-11(20)2-4-15(12)24(18(17)26)9-10-1-3-13(21)14(22)7-10/h1-4,7-8H,5-6,9H2/b23-17-. The predicted molar refractivity (Wildman–Crippen MR) is 107 cm³/mol. The fourth-order valence-corrected chi connectivity index (χ4v) is 3.22. The number of halogens is 4. The molecule has 1 aliphatic heterocycles. The van der Waals surface area contributed by atoms with Gasteiger partial charge in [-0.1, -0.05) is 46.0 Å². The van der Waals surface area contributed by atoms with Crippen LogP contribution in [0.4, 0.5) is 5.69 Å². The molecule has 0 radical (unpaired) electrons. The molecule has 1 heterocycles. The summed E-state index contributed by atoms with van der Waals surface area (Å²) in [6.45, 7) is 0.235. The van der Waals surface area contributed by atoms with Gasteiger partial charge in [0.1, 0.15) is 0 Å². The molecule has 1 aliphatic rings. The first-order valence-electron chi connectivity index (χ1n) is 7.80. The van der Waals surface area contributed by atoms with Gasteiger partial charge in [0.15, 0.2) is 5.71 Å². The van der Waals surface area contributed by atoms with Crippen LogP contribution in [-0.4, -0.2) is 23.5 Å². The Labute approximate surface area is 175 Å². The minimum absolute atomic E-state index is 0.00418. The van der Waals surface area contributed by atoms with Crippen molar-refractivity contribution >= 4 is 69.7 Å². The van der Waals surface area contributed by atoms with Gasteiger partial charge in [-0.2, -0.15) is 0 Å². The van der Waals surface area contributed by atoms with Gasteiger partial charge in [-0.3, -0.25) is 4.79 Å². The maximum absolute atomic E-state index is 12.9. The largest absolute Gasteiger partial charge is 0.336 e. The highest BCUT2D eigenvalue weighted by Gasteiger charge is 2.35. The molecule has 0 unspecified atom stereocenters. The molecular formula is C18H12Cl4N2O3. The number of carbonyl (C=O) groups excluding carboxylic acids is 2. The molecule has 1 amide bonds. The van der Waals surface area contributed by atoms with E-state index in [4.69, 9.17) is 51.2 Å². The minimum Gasteiger partial charge on any atom is -0.317 e. The molecule has 0 aliphatic carbocycles. The smallest absolute Gasteiger partial charge is 0.317 e. The number of oxime groups is 1. The van der Waals surface area contributed by atoms with E-state index in [1.807, 2.05) is 0 Å². The van der Waals surface area contributed by atoms with Gasteiger partial charge < -0.3 is 9.74 Å². The van der Waals surface area contributed by atoms with Gasteiger partial charge in [0, 0.05) is 16.5 Å². The van der Waals surface area contributed by atoms with Gasteiger partial charge in [0.2, 0.25) is 0 Å². The monoisotopic (exact) mass is 444 g/mol. The molecule has 2 aromatic carbocycles. The number of hydrogen-bond donors (Lipinski definition) is 0. The first kappa shape index (κ1) is 20.0. The maximum Gasteiger partial charge on any atom is 0.336 e. The third-order valence-electron chi connectivity index (χ3n) is 3.81. The Morgan fingerprint density at radius 1 is 1.07 bits per heavy atom. The number of hydrogen-bond acceptors (Lipinski definition) is 4. The number of fused-ring (bicyclic) bond motifs is 1. The molecule has 5 nitrogen and oxygen atoms in total. The van der Waals surface area contributed by atoms with Gasteiger partial charge in [-0.25, -0.2) is 4.79 Å². The minimum atomic E-state index is -0.628. The van der Waals surface area contributed by atoms with Crippen LogP contribution in [0.15, 0.2) is 41.6 Å². The molecule has 0 N–H and O–H groups in total. The third kappa shape index (κ3) is 4.38. The first-order chi connectivity index (χ1) is 12.9. The number of benzene rings is 2. The molecule has 3 rings (SSSR count). The van der Waals surface area contributed by atoms with Gasteiger partial charge in [0.25, 0.3) is 5.91 Å². The van der Waals surface area contributed by atoms with Crippen LogP contribution in [0, 0.1) is 0 Å². The number of rotatable bonds is 5. The van der Waals surface area contributed by atoms with E-state index in [1.54, 1.807) is 36.4 Å². The Bertz CT molecular complexity index is 946. The number of anilines is 1. The number of alkyl halides is 1. The number of amides is 1. The highest BCUT2D eigenvalue weighted by Crippen LogP contribution is 2.34. The highest BCUT2D eigenvalue weighted by molar-refractivity contribution is 6.54. The molecule has 0 atom stereocenters. The summed E-state index contributed by atoms with van der Waals surface area (Å²) >= 11 is 23.5. The zero-order valence-corrected chi connectivity index (χ0v) is 16.7. The average Bonchev–Trinajstić information content (AvgIpc) is 2.87. The fourth-order valence-electron chi connectivity index (χ4n) is 2.57. The second-order valence-electron chi connectivity index (χ2n) is 5.64. The van der Waals surface area contributed by atoms with Crippen molar-refractivity contribution in [2.75, 3.05) is 10.8 Å². The molecular weight excluding hydrogens is 434 g/mol. The van der Waals surface area contributed by atoms with Crippen LogP contribution in [0.3, 0.4) is 0 Å². The van der Waals surface area contributed by atoms with Crippen molar-refractivity contribution in [1.29, 1.82) is 0 Å². The molecule has 2 aromatic rings. The molecule has 0 fully saturated rings. The van der Waals surface area contributed by atoms with Crippen molar-refractivity contribution in [2.45, 2.75) is 13.0 Å². The number of nitrogens with zero attached hydrogens (tertiary/aromatic N) is 2. The van der Waals surface area contributed by atoms with E-state index in [-0.39, 0.29) is 24.6 Å². The Balaban J connectivity index is 1.94. The zero-order chi connectivity index (χ0) is 19.6. The molecule has 0 saturated carbocycles. The van der Waals surface area contributed by atoms with Gasteiger partial charge >= 0.3 is 5.97 Å². The van der Waals surface area contributed by atoms with Crippen molar-refractivity contribution in [3.8, 4) is 0 Å². The van der Waals surface area contributed by atoms with Crippen LogP contribution in [-0.2, 0) is 21.0 Å². The summed E-state index contributed by atoms with van der Waals surface area (Å²) in [6.07, 6.45) is -0.0120. The Kier molecular flexibility index (Phi) is 6.27. The van der Waals surface area contributed by atoms with E-state index in [0.717, 1.165) is 5.56 Å². The van der Waals surface area contributed by atoms with E-state index in [2.05, 4.69) is 5.16 Å². The summed E-state index contributed by atoms with van der Waals surface area (Å²) in [5.74, 6) is -0.947. The summed E-state index contributed by atoms with van der Waals surface area (Å²) in [7, 11) is 0. The van der Waals surface area contributed by atoms with E-state index in [1.165, 1.54) is 4.90 Å². The van der Waals surface area contributed by atoms with Crippen LogP contribution in [0.25, 0.3) is 0 Å². The lowest BCUT2D eigenvalue weighted by Gasteiger charge is -2.17. The Hall–Kier alpha value is -1.79. The Morgan fingerprint density at radius 2 is 1.85 bits per heavy atom. The molecule has 0 aromatic heterocycles. The first-order valence-corrected chi connectivity index (χ1v) is 9.47. The van der Waals surface area contributed by atoms with Crippen molar-refractivity contribution < 1.29 is 14.4 Å². The molecule has 0 bridgehead atoms. The predicted octanol–water partition coefficient (Wildman–Crippen LogP) is 5.07. The zero-order valence-electron chi connectivity index (χ0n) is 13.7. The summed E-state index contributed by atoms with van der Waals surface area (Å²) in [4.78, 5) is 30.7. The summed E-state index contributed by atoms with van der Waals surface area (Å²) < 4.78 is 0. The summed E-state index contributed by atoms with van der Waals surface area (Å²) in [5.41, 5.74) is 1.85. The second-order valence-corrected chi connectivity index (χ2v) is 7.27. The van der Waals surface area contributed by atoms with Crippen LogP contribution in [0.2, 0.25) is 15.1 Å².